The maximum Gasteiger partial charge on any atom is 0.235 e. The molecule has 0 saturated heterocycles. The predicted octanol–water partition coefficient (Wildman–Crippen LogP) is 5.39. The Morgan fingerprint density at radius 3 is 2.78 bits per heavy atom. The highest BCUT2D eigenvalue weighted by Gasteiger charge is 2.12. The topological polar surface area (TPSA) is 43.1 Å². The summed E-state index contributed by atoms with van der Waals surface area (Å²) in [6, 6.07) is 9.38. The first-order chi connectivity index (χ1) is 11.2. The van der Waals surface area contributed by atoms with Crippen molar-refractivity contribution in [3.63, 3.8) is 0 Å². The molecule has 0 aliphatic heterocycles. The molecular formula is C15H8Cl2N4S2. The van der Waals surface area contributed by atoms with Crippen molar-refractivity contribution in [2.24, 2.45) is 0 Å². The van der Waals surface area contributed by atoms with Gasteiger partial charge in [0.25, 0.3) is 0 Å². The second-order valence-electron chi connectivity index (χ2n) is 4.63. The van der Waals surface area contributed by atoms with Crippen molar-refractivity contribution >= 4 is 63.0 Å². The van der Waals surface area contributed by atoms with Gasteiger partial charge in [0, 0.05) is 10.0 Å². The molecule has 0 unspecified atom stereocenters. The lowest BCUT2D eigenvalue weighted by Gasteiger charge is -1.97. The molecule has 23 heavy (non-hydrogen) atoms. The molecule has 0 N–H and O–H groups in total. The highest BCUT2D eigenvalue weighted by atomic mass is 35.5. The third kappa shape index (κ3) is 2.90. The van der Waals surface area contributed by atoms with Crippen molar-refractivity contribution in [3.05, 3.63) is 56.3 Å². The molecule has 0 aliphatic carbocycles. The molecular weight excluding hydrogens is 371 g/mol. The van der Waals surface area contributed by atoms with Crippen molar-refractivity contribution < 1.29 is 0 Å². The molecule has 0 saturated carbocycles. The van der Waals surface area contributed by atoms with Gasteiger partial charge < -0.3 is 0 Å². The van der Waals surface area contributed by atoms with E-state index >= 15 is 0 Å². The van der Waals surface area contributed by atoms with Crippen LogP contribution >= 0.6 is 45.9 Å². The molecule has 0 radical (unpaired) electrons. The first-order valence-electron chi connectivity index (χ1n) is 6.60. The van der Waals surface area contributed by atoms with Crippen LogP contribution in [0.4, 0.5) is 0 Å². The summed E-state index contributed by atoms with van der Waals surface area (Å²) in [5.74, 6) is 0.760. The van der Waals surface area contributed by atoms with E-state index in [9.17, 15) is 0 Å². The van der Waals surface area contributed by atoms with Gasteiger partial charge in [0.15, 0.2) is 5.82 Å². The predicted molar refractivity (Wildman–Crippen MR) is 97.4 cm³/mol. The Labute approximate surface area is 149 Å². The number of benzene rings is 1. The van der Waals surface area contributed by atoms with Gasteiger partial charge in [-0.3, -0.25) is 0 Å². The second-order valence-corrected chi connectivity index (χ2v) is 7.41. The summed E-state index contributed by atoms with van der Waals surface area (Å²) in [4.78, 5) is 1.80. The second kappa shape index (κ2) is 6.05. The summed E-state index contributed by atoms with van der Waals surface area (Å²) in [7, 11) is 0. The monoisotopic (exact) mass is 378 g/mol. The lowest BCUT2D eigenvalue weighted by atomic mass is 10.2. The van der Waals surface area contributed by atoms with Crippen LogP contribution in [-0.4, -0.2) is 19.8 Å². The highest BCUT2D eigenvalue weighted by Crippen LogP contribution is 2.27. The van der Waals surface area contributed by atoms with Gasteiger partial charge >= 0.3 is 0 Å². The van der Waals surface area contributed by atoms with Crippen LogP contribution in [0, 0.1) is 0 Å². The van der Waals surface area contributed by atoms with Gasteiger partial charge in [-0.05, 0) is 35.2 Å². The Bertz CT molecular complexity index is 1000. The van der Waals surface area contributed by atoms with Gasteiger partial charge in [-0.15, -0.1) is 21.5 Å². The average Bonchev–Trinajstić information content (AvgIpc) is 3.22. The lowest BCUT2D eigenvalue weighted by Crippen LogP contribution is -1.88. The number of aromatic nitrogens is 4. The Morgan fingerprint density at radius 1 is 1.09 bits per heavy atom. The van der Waals surface area contributed by atoms with Crippen LogP contribution in [0.2, 0.25) is 10.0 Å². The van der Waals surface area contributed by atoms with Crippen LogP contribution in [0.25, 0.3) is 27.8 Å². The highest BCUT2D eigenvalue weighted by molar-refractivity contribution is 7.17. The molecule has 3 aromatic heterocycles. The molecule has 0 amide bonds. The maximum atomic E-state index is 6.17. The van der Waals surface area contributed by atoms with Crippen LogP contribution in [0.15, 0.2) is 35.7 Å². The van der Waals surface area contributed by atoms with E-state index in [2.05, 4.69) is 15.3 Å². The number of hydrogen-bond acceptors (Lipinski definition) is 5. The summed E-state index contributed by atoms with van der Waals surface area (Å²) in [5, 5.41) is 17.0. The van der Waals surface area contributed by atoms with Crippen molar-refractivity contribution in [2.45, 2.75) is 0 Å². The summed E-state index contributed by atoms with van der Waals surface area (Å²) in [5.41, 5.74) is 0.889. The molecule has 8 heteroatoms. The summed E-state index contributed by atoms with van der Waals surface area (Å²) < 4.78 is 1.76. The van der Waals surface area contributed by atoms with E-state index in [4.69, 9.17) is 23.2 Å². The zero-order chi connectivity index (χ0) is 15.8. The van der Waals surface area contributed by atoms with Crippen molar-refractivity contribution in [3.8, 4) is 10.7 Å². The quantitative estimate of drug-likeness (QED) is 0.479. The fourth-order valence-corrected chi connectivity index (χ4v) is 3.96. The number of halogens is 2. The summed E-state index contributed by atoms with van der Waals surface area (Å²) in [6.07, 6.45) is 3.82. The molecule has 3 heterocycles. The van der Waals surface area contributed by atoms with E-state index in [0.717, 1.165) is 26.2 Å². The number of hydrogen-bond donors (Lipinski definition) is 0. The van der Waals surface area contributed by atoms with Gasteiger partial charge in [0.05, 0.1) is 4.88 Å². The van der Waals surface area contributed by atoms with Crippen LogP contribution in [0.5, 0.6) is 0 Å². The minimum atomic E-state index is 0.607. The molecule has 4 nitrogen and oxygen atoms in total. The molecule has 4 aromatic rings. The van der Waals surface area contributed by atoms with Gasteiger partial charge in [0.1, 0.15) is 5.01 Å². The normalized spacial score (nSPS) is 11.7. The van der Waals surface area contributed by atoms with E-state index < -0.39 is 0 Å². The van der Waals surface area contributed by atoms with Crippen molar-refractivity contribution in [1.82, 2.24) is 19.8 Å². The zero-order valence-electron chi connectivity index (χ0n) is 11.5. The van der Waals surface area contributed by atoms with E-state index in [1.807, 2.05) is 35.7 Å². The first kappa shape index (κ1) is 14.8. The third-order valence-corrected chi connectivity index (χ3v) is 5.41. The third-order valence-electron chi connectivity index (χ3n) is 3.12. The molecule has 0 aliphatic rings. The largest absolute Gasteiger partial charge is 0.235 e. The molecule has 0 fully saturated rings. The van der Waals surface area contributed by atoms with Crippen molar-refractivity contribution in [1.29, 1.82) is 0 Å². The number of fused-ring (bicyclic) bond motifs is 1. The van der Waals surface area contributed by atoms with Crippen LogP contribution in [0.3, 0.4) is 0 Å². The van der Waals surface area contributed by atoms with Gasteiger partial charge in [-0.25, -0.2) is 0 Å². The van der Waals surface area contributed by atoms with Crippen LogP contribution in [0.1, 0.15) is 10.6 Å². The Hall–Kier alpha value is -1.73. The number of rotatable bonds is 3. The zero-order valence-corrected chi connectivity index (χ0v) is 14.6. The molecule has 0 atom stereocenters. The van der Waals surface area contributed by atoms with Crippen LogP contribution in [-0.2, 0) is 0 Å². The van der Waals surface area contributed by atoms with E-state index in [0.29, 0.717) is 10.0 Å². The number of nitrogens with zero attached hydrogens (tertiary/aromatic N) is 4. The smallest absolute Gasteiger partial charge is 0.181 e. The van der Waals surface area contributed by atoms with E-state index in [1.54, 1.807) is 28.0 Å². The van der Waals surface area contributed by atoms with Gasteiger partial charge in [0.2, 0.25) is 4.96 Å². The minimum absolute atomic E-state index is 0.607. The Balaban J connectivity index is 1.69. The van der Waals surface area contributed by atoms with Crippen LogP contribution < -0.4 is 0 Å². The molecule has 0 spiro atoms. The Kier molecular flexibility index (Phi) is 3.90. The summed E-state index contributed by atoms with van der Waals surface area (Å²) in [6.45, 7) is 0. The number of thiophene rings is 1. The fraction of sp³-hybridized carbons (Fsp3) is 0. The average molecular weight is 379 g/mol. The molecule has 1 aromatic carbocycles. The SMILES string of the molecule is Clc1ccc(/C=C/c2nn3c(-c4cccs4)nnc3s2)c(Cl)c1. The Morgan fingerprint density at radius 2 is 2.00 bits per heavy atom. The minimum Gasteiger partial charge on any atom is -0.181 e. The van der Waals surface area contributed by atoms with Gasteiger partial charge in [-0.1, -0.05) is 52.7 Å². The standard InChI is InChI=1S/C15H8Cl2N4S2/c16-10-5-3-9(11(17)8-10)4-6-13-20-21-14(12-2-1-7-22-12)18-19-15(21)23-13/h1-8H/b6-4+. The summed E-state index contributed by atoms with van der Waals surface area (Å²) >= 11 is 15.2. The van der Waals surface area contributed by atoms with Gasteiger partial charge in [-0.2, -0.15) is 9.61 Å². The van der Waals surface area contributed by atoms with Crippen molar-refractivity contribution in [2.75, 3.05) is 0 Å². The molecule has 0 bridgehead atoms. The van der Waals surface area contributed by atoms with E-state index in [1.165, 1.54) is 11.3 Å². The molecule has 4 rings (SSSR count). The lowest BCUT2D eigenvalue weighted by molar-refractivity contribution is 0.963. The first-order valence-corrected chi connectivity index (χ1v) is 9.05. The van der Waals surface area contributed by atoms with E-state index in [-0.39, 0.29) is 0 Å². The maximum absolute atomic E-state index is 6.17. The molecule has 114 valence electrons. The fourth-order valence-electron chi connectivity index (χ4n) is 2.06.